The van der Waals surface area contributed by atoms with Crippen LogP contribution >= 0.6 is 27.5 Å². The summed E-state index contributed by atoms with van der Waals surface area (Å²) in [6, 6.07) is 5.14. The fourth-order valence-electron chi connectivity index (χ4n) is 2.61. The number of hydrogen-bond donors (Lipinski definition) is 2. The van der Waals surface area contributed by atoms with Gasteiger partial charge in [-0.15, -0.1) is 0 Å². The van der Waals surface area contributed by atoms with Gasteiger partial charge in [-0.25, -0.2) is 4.68 Å². The van der Waals surface area contributed by atoms with E-state index in [9.17, 15) is 4.79 Å². The van der Waals surface area contributed by atoms with Gasteiger partial charge in [-0.05, 0) is 44.1 Å². The zero-order chi connectivity index (χ0) is 16.4. The van der Waals surface area contributed by atoms with Crippen LogP contribution in [-0.2, 0) is 7.05 Å². The van der Waals surface area contributed by atoms with Gasteiger partial charge in [0.05, 0.1) is 10.6 Å². The maximum Gasteiger partial charge on any atom is 0.259 e. The second-order valence-electron chi connectivity index (χ2n) is 5.52. The maximum atomic E-state index is 12.4. The molecule has 0 bridgehead atoms. The van der Waals surface area contributed by atoms with Gasteiger partial charge in [0.15, 0.2) is 5.82 Å². The number of anilines is 1. The van der Waals surface area contributed by atoms with Crippen molar-refractivity contribution in [3.05, 3.63) is 39.1 Å². The van der Waals surface area contributed by atoms with E-state index in [1.165, 1.54) is 0 Å². The van der Waals surface area contributed by atoms with Crippen molar-refractivity contribution in [2.45, 2.75) is 18.8 Å². The molecule has 1 fully saturated rings. The highest BCUT2D eigenvalue weighted by Crippen LogP contribution is 2.25. The average molecular weight is 399 g/mol. The van der Waals surface area contributed by atoms with Gasteiger partial charge < -0.3 is 5.32 Å². The first kappa shape index (κ1) is 16.4. The summed E-state index contributed by atoms with van der Waals surface area (Å²) in [6.07, 6.45) is 2.02. The van der Waals surface area contributed by atoms with Crippen molar-refractivity contribution in [2.75, 3.05) is 18.4 Å². The van der Waals surface area contributed by atoms with Crippen molar-refractivity contribution in [1.82, 2.24) is 20.1 Å². The Labute approximate surface area is 147 Å². The van der Waals surface area contributed by atoms with Crippen LogP contribution in [0.1, 0.15) is 34.9 Å². The number of amides is 1. The molecule has 0 unspecified atom stereocenters. The minimum atomic E-state index is -0.296. The summed E-state index contributed by atoms with van der Waals surface area (Å²) in [4.78, 5) is 16.9. The molecule has 0 saturated carbocycles. The molecule has 1 aliphatic rings. The molecular weight excluding hydrogens is 382 g/mol. The molecule has 1 amide bonds. The smallest absolute Gasteiger partial charge is 0.259 e. The van der Waals surface area contributed by atoms with Gasteiger partial charge in [0.25, 0.3) is 5.91 Å². The lowest BCUT2D eigenvalue weighted by Crippen LogP contribution is -2.27. The predicted molar refractivity (Wildman–Crippen MR) is 93.0 cm³/mol. The molecule has 2 heterocycles. The molecule has 8 heteroatoms. The third-order valence-corrected chi connectivity index (χ3v) is 4.69. The topological polar surface area (TPSA) is 71.8 Å². The van der Waals surface area contributed by atoms with Gasteiger partial charge in [-0.1, -0.05) is 27.5 Å². The Morgan fingerprint density at radius 1 is 1.43 bits per heavy atom. The first-order valence-electron chi connectivity index (χ1n) is 7.42. The summed E-state index contributed by atoms with van der Waals surface area (Å²) in [6.45, 7) is 1.94. The number of aryl methyl sites for hydroxylation is 1. The fraction of sp³-hybridized carbons (Fsp3) is 0.400. The van der Waals surface area contributed by atoms with Crippen LogP contribution in [0.15, 0.2) is 22.7 Å². The number of piperidine rings is 1. The number of nitrogens with zero attached hydrogens (tertiary/aromatic N) is 3. The molecular formula is C15H17BrClN5O. The molecule has 3 rings (SSSR count). The first-order valence-corrected chi connectivity index (χ1v) is 8.60. The summed E-state index contributed by atoms with van der Waals surface area (Å²) in [5, 5.41) is 10.9. The third-order valence-electron chi connectivity index (χ3n) is 3.88. The number of rotatable bonds is 3. The number of carbonyl (C=O) groups excluding carboxylic acids is 1. The van der Waals surface area contributed by atoms with E-state index in [4.69, 9.17) is 11.6 Å². The van der Waals surface area contributed by atoms with E-state index in [2.05, 4.69) is 36.6 Å². The molecule has 23 heavy (non-hydrogen) atoms. The molecule has 1 aromatic heterocycles. The Hall–Kier alpha value is -1.44. The SMILES string of the molecule is Cn1nc(C2CCNCC2)nc1NC(=O)c1ccc(Br)cc1Cl. The van der Waals surface area contributed by atoms with Crippen molar-refractivity contribution in [3.63, 3.8) is 0 Å². The molecule has 0 aliphatic carbocycles. The third kappa shape index (κ3) is 3.73. The van der Waals surface area contributed by atoms with Gasteiger partial charge in [0.2, 0.25) is 5.95 Å². The molecule has 1 aliphatic heterocycles. The normalized spacial score (nSPS) is 15.6. The Balaban J connectivity index is 1.77. The van der Waals surface area contributed by atoms with Crippen LogP contribution in [0.5, 0.6) is 0 Å². The second kappa shape index (κ2) is 6.98. The van der Waals surface area contributed by atoms with Crippen LogP contribution in [0.3, 0.4) is 0 Å². The van der Waals surface area contributed by atoms with E-state index in [0.717, 1.165) is 36.2 Å². The minimum Gasteiger partial charge on any atom is -0.317 e. The zero-order valence-corrected chi connectivity index (χ0v) is 15.0. The number of benzene rings is 1. The summed E-state index contributed by atoms with van der Waals surface area (Å²) in [5.74, 6) is 1.26. The van der Waals surface area contributed by atoms with Gasteiger partial charge in [0.1, 0.15) is 0 Å². The van der Waals surface area contributed by atoms with E-state index in [0.29, 0.717) is 22.5 Å². The largest absolute Gasteiger partial charge is 0.317 e. The molecule has 0 radical (unpaired) electrons. The molecule has 6 nitrogen and oxygen atoms in total. The standard InChI is InChI=1S/C15H17BrClN5O/c1-22-15(19-13(21-22)9-4-6-18-7-5-9)20-14(23)11-3-2-10(16)8-12(11)17/h2-3,8-9,18H,4-7H2,1H3,(H,19,20,21,23). The maximum absolute atomic E-state index is 12.4. The molecule has 2 aromatic rings. The van der Waals surface area contributed by atoms with E-state index < -0.39 is 0 Å². The van der Waals surface area contributed by atoms with Crippen LogP contribution in [0.25, 0.3) is 0 Å². The summed E-state index contributed by atoms with van der Waals surface area (Å²) in [7, 11) is 1.77. The summed E-state index contributed by atoms with van der Waals surface area (Å²) < 4.78 is 2.42. The van der Waals surface area contributed by atoms with Crippen LogP contribution < -0.4 is 10.6 Å². The predicted octanol–water partition coefficient (Wildman–Crippen LogP) is 2.95. The van der Waals surface area contributed by atoms with E-state index >= 15 is 0 Å². The number of carbonyl (C=O) groups is 1. The zero-order valence-electron chi connectivity index (χ0n) is 12.6. The Kier molecular flexibility index (Phi) is 4.99. The molecule has 1 aromatic carbocycles. The van der Waals surface area contributed by atoms with Gasteiger partial charge in [0, 0.05) is 17.4 Å². The minimum absolute atomic E-state index is 0.296. The summed E-state index contributed by atoms with van der Waals surface area (Å²) >= 11 is 9.44. The fourth-order valence-corrected chi connectivity index (χ4v) is 3.37. The van der Waals surface area contributed by atoms with Crippen molar-refractivity contribution in [1.29, 1.82) is 0 Å². The second-order valence-corrected chi connectivity index (χ2v) is 6.84. The molecule has 1 saturated heterocycles. The molecule has 0 atom stereocenters. The molecule has 0 spiro atoms. The lowest BCUT2D eigenvalue weighted by molar-refractivity contribution is 0.102. The van der Waals surface area contributed by atoms with Crippen molar-refractivity contribution in [2.24, 2.45) is 7.05 Å². The van der Waals surface area contributed by atoms with Crippen LogP contribution in [0, 0.1) is 0 Å². The van der Waals surface area contributed by atoms with E-state index in [-0.39, 0.29) is 5.91 Å². The number of aromatic nitrogens is 3. The summed E-state index contributed by atoms with van der Waals surface area (Å²) in [5.41, 5.74) is 0.404. The van der Waals surface area contributed by atoms with Crippen LogP contribution in [0.2, 0.25) is 5.02 Å². The van der Waals surface area contributed by atoms with E-state index in [1.54, 1.807) is 29.9 Å². The molecule has 122 valence electrons. The van der Waals surface area contributed by atoms with Crippen molar-refractivity contribution >= 4 is 39.4 Å². The Morgan fingerprint density at radius 2 is 2.17 bits per heavy atom. The van der Waals surface area contributed by atoms with Crippen LogP contribution in [0.4, 0.5) is 5.95 Å². The lowest BCUT2D eigenvalue weighted by atomic mass is 9.98. The highest BCUT2D eigenvalue weighted by molar-refractivity contribution is 9.10. The quantitative estimate of drug-likeness (QED) is 0.834. The number of halogens is 2. The van der Waals surface area contributed by atoms with Gasteiger partial charge >= 0.3 is 0 Å². The highest BCUT2D eigenvalue weighted by atomic mass is 79.9. The number of nitrogens with one attached hydrogen (secondary N) is 2. The van der Waals surface area contributed by atoms with Gasteiger partial charge in [-0.3, -0.25) is 10.1 Å². The first-order chi connectivity index (χ1) is 11.0. The Morgan fingerprint density at radius 3 is 2.87 bits per heavy atom. The molecule has 2 N–H and O–H groups in total. The highest BCUT2D eigenvalue weighted by Gasteiger charge is 2.22. The number of hydrogen-bond acceptors (Lipinski definition) is 4. The van der Waals surface area contributed by atoms with Crippen molar-refractivity contribution < 1.29 is 4.79 Å². The van der Waals surface area contributed by atoms with E-state index in [1.807, 2.05) is 0 Å². The lowest BCUT2D eigenvalue weighted by Gasteiger charge is -2.19. The van der Waals surface area contributed by atoms with Crippen molar-refractivity contribution in [3.8, 4) is 0 Å². The average Bonchev–Trinajstić information content (AvgIpc) is 2.89. The van der Waals surface area contributed by atoms with Crippen LogP contribution in [-0.4, -0.2) is 33.8 Å². The Bertz CT molecular complexity index is 727. The monoisotopic (exact) mass is 397 g/mol. The van der Waals surface area contributed by atoms with Gasteiger partial charge in [-0.2, -0.15) is 10.1 Å².